The number of halogens is 6. The molecule has 0 heterocycles. The summed E-state index contributed by atoms with van der Waals surface area (Å²) in [5.74, 6) is -3.17. The van der Waals surface area contributed by atoms with Gasteiger partial charge < -0.3 is 5.32 Å². The van der Waals surface area contributed by atoms with E-state index >= 15 is 0 Å². The van der Waals surface area contributed by atoms with E-state index in [-0.39, 0.29) is 0 Å². The van der Waals surface area contributed by atoms with E-state index in [1.807, 2.05) is 5.32 Å². The maximum atomic E-state index is 13.0. The third kappa shape index (κ3) is 5.96. The molecular weight excluding hydrogens is 470 g/mol. The zero-order chi connectivity index (χ0) is 24.5. The summed E-state index contributed by atoms with van der Waals surface area (Å²) in [6, 6.07) is 4.32. The molecule has 0 saturated heterocycles. The van der Waals surface area contributed by atoms with Gasteiger partial charge in [0.15, 0.2) is 9.84 Å². The van der Waals surface area contributed by atoms with Crippen LogP contribution in [0.25, 0.3) is 0 Å². The number of nitro groups is 1. The van der Waals surface area contributed by atoms with Crippen LogP contribution in [0.15, 0.2) is 47.4 Å². The standard InChI is InChI=1S/C18H14F6N2O5S/c1-10(9-32(30,31)13-5-2-11(3-6-13)17(19,20)21)16(27)25-12-4-7-15(26(28)29)14(8-12)18(22,23)24/h2-8,10H,9H2,1H3,(H,25,27). The largest absolute Gasteiger partial charge is 0.423 e. The zero-order valence-corrected chi connectivity index (χ0v) is 16.8. The van der Waals surface area contributed by atoms with Crippen molar-refractivity contribution in [2.24, 2.45) is 5.92 Å². The summed E-state index contributed by atoms with van der Waals surface area (Å²) in [4.78, 5) is 21.3. The molecule has 1 unspecified atom stereocenters. The first-order chi connectivity index (χ1) is 14.5. The average molecular weight is 484 g/mol. The smallest absolute Gasteiger partial charge is 0.326 e. The highest BCUT2D eigenvalue weighted by Gasteiger charge is 2.38. The first-order valence-electron chi connectivity index (χ1n) is 8.59. The topological polar surface area (TPSA) is 106 Å². The average Bonchev–Trinajstić information content (AvgIpc) is 2.66. The third-order valence-electron chi connectivity index (χ3n) is 4.22. The highest BCUT2D eigenvalue weighted by Crippen LogP contribution is 2.37. The minimum atomic E-state index is -5.08. The molecule has 0 aliphatic rings. The Bertz CT molecular complexity index is 1130. The van der Waals surface area contributed by atoms with Gasteiger partial charge >= 0.3 is 12.4 Å². The fraction of sp³-hybridized carbons (Fsp3) is 0.278. The molecule has 0 saturated carbocycles. The Morgan fingerprint density at radius 1 is 1.03 bits per heavy atom. The molecule has 1 amide bonds. The molecule has 0 bridgehead atoms. The van der Waals surface area contributed by atoms with Crippen LogP contribution in [0.1, 0.15) is 18.1 Å². The SMILES string of the molecule is CC(CS(=O)(=O)c1ccc(C(F)(F)F)cc1)C(=O)Nc1ccc([N+](=O)[O-])c(C(F)(F)F)c1. The Morgan fingerprint density at radius 3 is 2.06 bits per heavy atom. The highest BCUT2D eigenvalue weighted by molar-refractivity contribution is 7.91. The Balaban J connectivity index is 2.18. The Hall–Kier alpha value is -3.16. The molecule has 14 heteroatoms. The number of nitrogens with one attached hydrogen (secondary N) is 1. The summed E-state index contributed by atoms with van der Waals surface area (Å²) in [7, 11) is -4.21. The molecular formula is C18H14F6N2O5S. The zero-order valence-electron chi connectivity index (χ0n) is 16.0. The molecule has 0 fully saturated rings. The van der Waals surface area contributed by atoms with Crippen LogP contribution in [-0.2, 0) is 27.0 Å². The van der Waals surface area contributed by atoms with Gasteiger partial charge in [0.25, 0.3) is 5.69 Å². The van der Waals surface area contributed by atoms with Gasteiger partial charge in [0, 0.05) is 17.7 Å². The van der Waals surface area contributed by atoms with Gasteiger partial charge in [-0.3, -0.25) is 14.9 Å². The summed E-state index contributed by atoms with van der Waals surface area (Å²) in [6.45, 7) is 1.15. The van der Waals surface area contributed by atoms with E-state index < -0.39 is 72.1 Å². The highest BCUT2D eigenvalue weighted by atomic mass is 32.2. The van der Waals surface area contributed by atoms with Gasteiger partial charge in [-0.2, -0.15) is 26.3 Å². The number of benzene rings is 2. The van der Waals surface area contributed by atoms with Crippen molar-refractivity contribution in [2.75, 3.05) is 11.1 Å². The number of carbonyl (C=O) groups excluding carboxylic acids is 1. The number of alkyl halides is 6. The van der Waals surface area contributed by atoms with E-state index in [9.17, 15) is 49.7 Å². The summed E-state index contributed by atoms with van der Waals surface area (Å²) in [6.07, 6.45) is -9.75. The number of anilines is 1. The summed E-state index contributed by atoms with van der Waals surface area (Å²) in [5, 5.41) is 12.8. The first kappa shape index (κ1) is 25.1. The molecule has 2 rings (SSSR count). The van der Waals surface area contributed by atoms with Crippen molar-refractivity contribution in [3.8, 4) is 0 Å². The molecule has 0 radical (unpaired) electrons. The summed E-state index contributed by atoms with van der Waals surface area (Å²) in [5.41, 5.74) is -4.36. The van der Waals surface area contributed by atoms with Gasteiger partial charge in [0.05, 0.1) is 21.1 Å². The lowest BCUT2D eigenvalue weighted by atomic mass is 10.1. The van der Waals surface area contributed by atoms with Gasteiger partial charge in [-0.05, 0) is 36.4 Å². The Morgan fingerprint density at radius 2 is 1.59 bits per heavy atom. The predicted molar refractivity (Wildman–Crippen MR) is 99.4 cm³/mol. The van der Waals surface area contributed by atoms with E-state index in [4.69, 9.17) is 0 Å². The molecule has 2 aromatic rings. The van der Waals surface area contributed by atoms with Crippen molar-refractivity contribution in [1.29, 1.82) is 0 Å². The molecule has 1 atom stereocenters. The van der Waals surface area contributed by atoms with Crippen LogP contribution < -0.4 is 5.32 Å². The Labute approximate surface area is 177 Å². The van der Waals surface area contributed by atoms with Crippen molar-refractivity contribution < 1.29 is 44.5 Å². The van der Waals surface area contributed by atoms with Gasteiger partial charge in [0.2, 0.25) is 5.91 Å². The molecule has 174 valence electrons. The van der Waals surface area contributed by atoms with Gasteiger partial charge in [-0.15, -0.1) is 0 Å². The van der Waals surface area contributed by atoms with Crippen LogP contribution in [0.4, 0.5) is 37.7 Å². The molecule has 0 aliphatic heterocycles. The monoisotopic (exact) mass is 484 g/mol. The second-order valence-electron chi connectivity index (χ2n) is 6.68. The number of sulfone groups is 1. The predicted octanol–water partition coefficient (Wildman–Crippen LogP) is 4.68. The number of hydrogen-bond donors (Lipinski definition) is 1. The molecule has 2 aromatic carbocycles. The quantitative estimate of drug-likeness (QED) is 0.364. The van der Waals surface area contributed by atoms with Crippen LogP contribution in [-0.4, -0.2) is 25.0 Å². The van der Waals surface area contributed by atoms with Gasteiger partial charge in [-0.25, -0.2) is 8.42 Å². The van der Waals surface area contributed by atoms with Crippen LogP contribution in [0.2, 0.25) is 0 Å². The lowest BCUT2D eigenvalue weighted by Crippen LogP contribution is -2.27. The lowest BCUT2D eigenvalue weighted by molar-refractivity contribution is -0.388. The second-order valence-corrected chi connectivity index (χ2v) is 8.71. The van der Waals surface area contributed by atoms with E-state index in [1.165, 1.54) is 0 Å². The molecule has 1 N–H and O–H groups in total. The molecule has 0 spiro atoms. The molecule has 0 aromatic heterocycles. The number of amides is 1. The van der Waals surface area contributed by atoms with Gasteiger partial charge in [0.1, 0.15) is 5.56 Å². The number of hydrogen-bond acceptors (Lipinski definition) is 5. The van der Waals surface area contributed by atoms with Crippen LogP contribution >= 0.6 is 0 Å². The van der Waals surface area contributed by atoms with E-state index in [0.29, 0.717) is 24.3 Å². The summed E-state index contributed by atoms with van der Waals surface area (Å²) < 4.78 is 102. The minimum Gasteiger partial charge on any atom is -0.326 e. The van der Waals surface area contributed by atoms with Crippen LogP contribution in [0.5, 0.6) is 0 Å². The number of rotatable bonds is 6. The molecule has 32 heavy (non-hydrogen) atoms. The summed E-state index contributed by atoms with van der Waals surface area (Å²) >= 11 is 0. The Kier molecular flexibility index (Phi) is 6.87. The molecule has 0 aliphatic carbocycles. The van der Waals surface area contributed by atoms with Crippen molar-refractivity contribution in [1.82, 2.24) is 0 Å². The van der Waals surface area contributed by atoms with Crippen molar-refractivity contribution >= 4 is 27.1 Å². The maximum absolute atomic E-state index is 13.0. The fourth-order valence-corrected chi connectivity index (χ4v) is 4.17. The van der Waals surface area contributed by atoms with Crippen LogP contribution in [0.3, 0.4) is 0 Å². The number of nitrogens with zero attached hydrogens (tertiary/aromatic N) is 1. The van der Waals surface area contributed by atoms with Crippen molar-refractivity contribution in [3.05, 3.63) is 63.7 Å². The lowest BCUT2D eigenvalue weighted by Gasteiger charge is -2.15. The minimum absolute atomic E-state index is 0.340. The molecule has 7 nitrogen and oxygen atoms in total. The van der Waals surface area contributed by atoms with E-state index in [2.05, 4.69) is 0 Å². The van der Waals surface area contributed by atoms with Crippen molar-refractivity contribution in [3.63, 3.8) is 0 Å². The third-order valence-corrected chi connectivity index (χ3v) is 6.15. The maximum Gasteiger partial charge on any atom is 0.423 e. The van der Waals surface area contributed by atoms with Gasteiger partial charge in [-0.1, -0.05) is 6.92 Å². The normalized spacial score (nSPS) is 13.5. The number of nitro benzene ring substituents is 1. The van der Waals surface area contributed by atoms with E-state index in [1.54, 1.807) is 0 Å². The fourth-order valence-electron chi connectivity index (χ4n) is 2.62. The van der Waals surface area contributed by atoms with Crippen LogP contribution in [0, 0.1) is 16.0 Å². The second kappa shape index (κ2) is 8.76. The van der Waals surface area contributed by atoms with Crippen molar-refractivity contribution in [2.45, 2.75) is 24.2 Å². The number of carbonyl (C=O) groups is 1. The first-order valence-corrected chi connectivity index (χ1v) is 10.2. The van der Waals surface area contributed by atoms with E-state index in [0.717, 1.165) is 25.1 Å².